The summed E-state index contributed by atoms with van der Waals surface area (Å²) < 4.78 is 18.9. The third-order valence-corrected chi connectivity index (χ3v) is 2.82. The van der Waals surface area contributed by atoms with E-state index >= 15 is 0 Å². The third kappa shape index (κ3) is 2.36. The average Bonchev–Trinajstić information content (AvgIpc) is 2.38. The van der Waals surface area contributed by atoms with Crippen LogP contribution in [-0.2, 0) is 0 Å². The zero-order valence-corrected chi connectivity index (χ0v) is 10.4. The molecule has 0 saturated heterocycles. The van der Waals surface area contributed by atoms with Crippen LogP contribution in [0.5, 0.6) is 5.75 Å². The Morgan fingerprint density at radius 3 is 2.67 bits per heavy atom. The Hall–Kier alpha value is -1.87. The molecule has 0 aliphatic rings. The summed E-state index contributed by atoms with van der Waals surface area (Å²) in [4.78, 5) is 10.9. The first-order chi connectivity index (χ1) is 8.65. The molecule has 0 fully saturated rings. The van der Waals surface area contributed by atoms with E-state index in [2.05, 4.69) is 0 Å². The lowest BCUT2D eigenvalue weighted by atomic mass is 10.0. The van der Waals surface area contributed by atoms with Gasteiger partial charge in [-0.25, -0.2) is 4.39 Å². The monoisotopic (exact) mass is 264 g/mol. The van der Waals surface area contributed by atoms with Gasteiger partial charge in [0.05, 0.1) is 12.7 Å². The highest BCUT2D eigenvalue weighted by molar-refractivity contribution is 6.30. The second-order valence-corrected chi connectivity index (χ2v) is 4.14. The molecule has 0 aliphatic carbocycles. The Morgan fingerprint density at radius 2 is 2.06 bits per heavy atom. The van der Waals surface area contributed by atoms with Crippen molar-refractivity contribution >= 4 is 17.9 Å². The van der Waals surface area contributed by atoms with E-state index in [9.17, 15) is 9.18 Å². The van der Waals surface area contributed by atoms with Crippen molar-refractivity contribution in [1.29, 1.82) is 0 Å². The molecule has 0 aliphatic heterocycles. The Kier molecular flexibility index (Phi) is 3.63. The largest absolute Gasteiger partial charge is 0.496 e. The summed E-state index contributed by atoms with van der Waals surface area (Å²) in [7, 11) is 1.39. The van der Waals surface area contributed by atoms with E-state index < -0.39 is 5.82 Å². The molecule has 0 unspecified atom stereocenters. The fourth-order valence-electron chi connectivity index (χ4n) is 1.72. The van der Waals surface area contributed by atoms with Crippen molar-refractivity contribution in [3.05, 3.63) is 52.8 Å². The van der Waals surface area contributed by atoms with Crippen molar-refractivity contribution < 1.29 is 13.9 Å². The van der Waals surface area contributed by atoms with Gasteiger partial charge in [-0.15, -0.1) is 0 Å². The van der Waals surface area contributed by atoms with Gasteiger partial charge in [-0.2, -0.15) is 0 Å². The maximum atomic E-state index is 13.9. The van der Waals surface area contributed by atoms with Crippen molar-refractivity contribution in [2.75, 3.05) is 7.11 Å². The van der Waals surface area contributed by atoms with E-state index in [0.717, 1.165) is 0 Å². The summed E-state index contributed by atoms with van der Waals surface area (Å²) in [5.41, 5.74) is 1.24. The third-order valence-electron chi connectivity index (χ3n) is 2.58. The molecule has 0 amide bonds. The predicted molar refractivity (Wildman–Crippen MR) is 68.8 cm³/mol. The van der Waals surface area contributed by atoms with Crippen LogP contribution in [-0.4, -0.2) is 13.4 Å². The molecule has 2 nitrogen and oxygen atoms in total. The highest BCUT2D eigenvalue weighted by Crippen LogP contribution is 2.30. The number of carbonyl (C=O) groups excluding carboxylic acids is 1. The molecule has 0 N–H and O–H groups in total. The van der Waals surface area contributed by atoms with Crippen LogP contribution >= 0.6 is 11.6 Å². The van der Waals surface area contributed by atoms with Crippen molar-refractivity contribution in [2.24, 2.45) is 0 Å². The molecular formula is C14H10ClFO2. The summed E-state index contributed by atoms with van der Waals surface area (Å²) in [5, 5.41) is 0.510. The lowest BCUT2D eigenvalue weighted by Crippen LogP contribution is -1.94. The molecule has 0 heterocycles. The van der Waals surface area contributed by atoms with Crippen molar-refractivity contribution in [2.45, 2.75) is 0 Å². The van der Waals surface area contributed by atoms with E-state index in [-0.39, 0.29) is 5.75 Å². The Bertz CT molecular complexity index is 596. The normalized spacial score (nSPS) is 10.2. The molecule has 18 heavy (non-hydrogen) atoms. The topological polar surface area (TPSA) is 26.3 Å². The van der Waals surface area contributed by atoms with E-state index in [1.807, 2.05) is 0 Å². The van der Waals surface area contributed by atoms with Gasteiger partial charge in [-0.3, -0.25) is 4.79 Å². The molecule has 2 rings (SSSR count). The van der Waals surface area contributed by atoms with Gasteiger partial charge >= 0.3 is 0 Å². The number of rotatable bonds is 3. The van der Waals surface area contributed by atoms with Gasteiger partial charge in [0.15, 0.2) is 6.29 Å². The second kappa shape index (κ2) is 5.19. The Balaban J connectivity index is 2.61. The van der Waals surface area contributed by atoms with Crippen LogP contribution < -0.4 is 4.74 Å². The first-order valence-corrected chi connectivity index (χ1v) is 5.62. The van der Waals surface area contributed by atoms with E-state index in [1.165, 1.54) is 19.2 Å². The van der Waals surface area contributed by atoms with Gasteiger partial charge in [-0.1, -0.05) is 23.7 Å². The fraction of sp³-hybridized carbons (Fsp3) is 0.0714. The minimum atomic E-state index is -0.459. The van der Waals surface area contributed by atoms with Crippen molar-refractivity contribution in [3.8, 4) is 16.9 Å². The molecule has 0 bridgehead atoms. The number of methoxy groups -OCH3 is 1. The lowest BCUT2D eigenvalue weighted by Gasteiger charge is -2.09. The summed E-state index contributed by atoms with van der Waals surface area (Å²) in [5.74, 6) is -0.243. The predicted octanol–water partition coefficient (Wildman–Crippen LogP) is 3.97. The maximum Gasteiger partial charge on any atom is 0.153 e. The van der Waals surface area contributed by atoms with Crippen LogP contribution in [0.4, 0.5) is 4.39 Å². The molecular weight excluding hydrogens is 255 g/mol. The van der Waals surface area contributed by atoms with E-state index in [4.69, 9.17) is 16.3 Å². The zero-order chi connectivity index (χ0) is 13.1. The highest BCUT2D eigenvalue weighted by atomic mass is 35.5. The molecule has 2 aromatic carbocycles. The Labute approximate surface area is 109 Å². The smallest absolute Gasteiger partial charge is 0.153 e. The zero-order valence-electron chi connectivity index (χ0n) is 9.61. The molecule has 92 valence electrons. The van der Waals surface area contributed by atoms with Crippen molar-refractivity contribution in [1.82, 2.24) is 0 Å². The Morgan fingerprint density at radius 1 is 1.28 bits per heavy atom. The van der Waals surface area contributed by atoms with Gasteiger partial charge in [0.2, 0.25) is 0 Å². The maximum absolute atomic E-state index is 13.9. The lowest BCUT2D eigenvalue weighted by molar-refractivity contribution is 0.112. The number of hydrogen-bond donors (Lipinski definition) is 0. The minimum Gasteiger partial charge on any atom is -0.496 e. The first-order valence-electron chi connectivity index (χ1n) is 5.24. The number of ether oxygens (including phenoxy) is 1. The summed E-state index contributed by atoms with van der Waals surface area (Å²) in [6.07, 6.45) is 0.631. The van der Waals surface area contributed by atoms with Crippen LogP contribution in [0.25, 0.3) is 11.1 Å². The van der Waals surface area contributed by atoms with Gasteiger partial charge in [0.25, 0.3) is 0 Å². The SMILES string of the molecule is COc1cc(F)c(-c2cccc(Cl)c2)cc1C=O. The van der Waals surface area contributed by atoms with Gasteiger partial charge in [0.1, 0.15) is 11.6 Å². The minimum absolute atomic E-state index is 0.216. The summed E-state index contributed by atoms with van der Waals surface area (Å²) >= 11 is 5.86. The fourth-order valence-corrected chi connectivity index (χ4v) is 1.91. The van der Waals surface area contributed by atoms with Crippen LogP contribution in [0, 0.1) is 5.82 Å². The highest BCUT2D eigenvalue weighted by Gasteiger charge is 2.11. The first kappa shape index (κ1) is 12.6. The molecule has 0 radical (unpaired) electrons. The number of halogens is 2. The molecule has 0 saturated carbocycles. The second-order valence-electron chi connectivity index (χ2n) is 3.70. The van der Waals surface area contributed by atoms with E-state index in [0.29, 0.717) is 28.0 Å². The molecule has 0 aromatic heterocycles. The van der Waals surface area contributed by atoms with E-state index in [1.54, 1.807) is 24.3 Å². The van der Waals surface area contributed by atoms with Gasteiger partial charge < -0.3 is 4.74 Å². The number of aldehydes is 1. The summed E-state index contributed by atoms with van der Waals surface area (Å²) in [6.45, 7) is 0. The van der Waals surface area contributed by atoms with Crippen LogP contribution in [0.1, 0.15) is 10.4 Å². The summed E-state index contributed by atoms with van der Waals surface area (Å²) in [6, 6.07) is 9.44. The number of hydrogen-bond acceptors (Lipinski definition) is 2. The molecule has 2 aromatic rings. The molecule has 0 spiro atoms. The van der Waals surface area contributed by atoms with Crippen LogP contribution in [0.3, 0.4) is 0 Å². The van der Waals surface area contributed by atoms with Crippen LogP contribution in [0.2, 0.25) is 5.02 Å². The van der Waals surface area contributed by atoms with Crippen molar-refractivity contribution in [3.63, 3.8) is 0 Å². The number of carbonyl (C=O) groups is 1. The quantitative estimate of drug-likeness (QED) is 0.784. The number of benzene rings is 2. The van der Waals surface area contributed by atoms with Gasteiger partial charge in [-0.05, 0) is 23.8 Å². The van der Waals surface area contributed by atoms with Crippen LogP contribution in [0.15, 0.2) is 36.4 Å². The molecule has 0 atom stereocenters. The standard InChI is InChI=1S/C14H10ClFO2/c1-18-14-7-13(16)12(6-10(14)8-17)9-3-2-4-11(15)5-9/h2-8H,1H3. The molecule has 4 heteroatoms. The average molecular weight is 265 g/mol. The van der Waals surface area contributed by atoms with Gasteiger partial charge in [0, 0.05) is 16.7 Å².